The summed E-state index contributed by atoms with van der Waals surface area (Å²) >= 11 is 1.30. The first-order valence-electron chi connectivity index (χ1n) is 3.74. The molecule has 2 heterocycles. The van der Waals surface area contributed by atoms with Gasteiger partial charge < -0.3 is 0 Å². The summed E-state index contributed by atoms with van der Waals surface area (Å²) in [5.74, 6) is -6.46. The maximum absolute atomic E-state index is 13.1. The molecule has 0 aliphatic heterocycles. The molecule has 9 heteroatoms. The Morgan fingerprint density at radius 1 is 1.06 bits per heavy atom. The molecule has 0 N–H and O–H groups in total. The number of nitrogens with zero attached hydrogens (tertiary/aromatic N) is 3. The van der Waals surface area contributed by atoms with E-state index in [1.165, 1.54) is 0 Å². The van der Waals surface area contributed by atoms with Crippen molar-refractivity contribution in [2.24, 2.45) is 0 Å². The van der Waals surface area contributed by atoms with Crippen molar-refractivity contribution in [3.05, 3.63) is 29.9 Å². The van der Waals surface area contributed by atoms with Crippen molar-refractivity contribution in [2.75, 3.05) is 0 Å². The van der Waals surface area contributed by atoms with Gasteiger partial charge >= 0.3 is 0 Å². The Morgan fingerprint density at radius 2 is 1.69 bits per heavy atom. The Labute approximate surface area is 94.7 Å². The minimum atomic E-state index is -1.69. The molecule has 0 saturated heterocycles. The molecule has 0 fully saturated rings. The van der Waals surface area contributed by atoms with E-state index >= 15 is 0 Å². The summed E-state index contributed by atoms with van der Waals surface area (Å²) < 4.78 is 55.4. The van der Waals surface area contributed by atoms with Crippen LogP contribution in [-0.2, 0) is 0 Å². The predicted octanol–water partition coefficient (Wildman–Crippen LogP) is 2.64. The van der Waals surface area contributed by atoms with Gasteiger partial charge in [-0.1, -0.05) is 11.8 Å². The van der Waals surface area contributed by atoms with Gasteiger partial charge in [-0.05, 0) is 11.5 Å². The number of hydrogen-bond acceptors (Lipinski definition) is 5. The van der Waals surface area contributed by atoms with Gasteiger partial charge in [-0.25, -0.2) is 13.8 Å². The summed E-state index contributed by atoms with van der Waals surface area (Å²) in [4.78, 5) is 5.24. The van der Waals surface area contributed by atoms with Gasteiger partial charge in [0.25, 0.3) is 11.9 Å². The van der Waals surface area contributed by atoms with Crippen LogP contribution in [0.1, 0.15) is 0 Å². The highest BCUT2D eigenvalue weighted by Crippen LogP contribution is 2.33. The van der Waals surface area contributed by atoms with E-state index in [0.717, 1.165) is 17.9 Å². The Bertz CT molecular complexity index is 491. The normalized spacial score (nSPS) is 10.8. The van der Waals surface area contributed by atoms with Gasteiger partial charge in [0.2, 0.25) is 0 Å². The zero-order chi connectivity index (χ0) is 11.7. The van der Waals surface area contributed by atoms with E-state index in [1.807, 2.05) is 0 Å². The maximum Gasteiger partial charge on any atom is 0.252 e. The van der Waals surface area contributed by atoms with Crippen LogP contribution in [0.25, 0.3) is 0 Å². The smallest absolute Gasteiger partial charge is 0.216 e. The second-order valence-electron chi connectivity index (χ2n) is 2.46. The third kappa shape index (κ3) is 2.00. The van der Waals surface area contributed by atoms with E-state index in [9.17, 15) is 17.6 Å². The lowest BCUT2D eigenvalue weighted by atomic mass is 10.4. The van der Waals surface area contributed by atoms with Gasteiger partial charge in [0.1, 0.15) is 6.33 Å². The molecule has 0 atom stereocenters. The molecular weight excluding hydrogens is 266 g/mol. The largest absolute Gasteiger partial charge is 0.252 e. The summed E-state index contributed by atoms with van der Waals surface area (Å²) in [6.07, 6.45) is 1.16. The van der Waals surface area contributed by atoms with Crippen molar-refractivity contribution in [3.63, 3.8) is 0 Å². The Balaban J connectivity index is 2.47. The van der Waals surface area contributed by atoms with Crippen molar-refractivity contribution in [2.45, 2.75) is 9.24 Å². The van der Waals surface area contributed by atoms with Crippen LogP contribution in [0.15, 0.2) is 15.6 Å². The molecule has 0 spiro atoms. The fourth-order valence-electron chi connectivity index (χ4n) is 0.853. The predicted molar refractivity (Wildman–Crippen MR) is 48.1 cm³/mol. The molecule has 2 rings (SSSR count). The summed E-state index contributed by atoms with van der Waals surface area (Å²) in [7, 11) is 0. The van der Waals surface area contributed by atoms with Crippen LogP contribution in [-0.4, -0.2) is 14.3 Å². The monoisotopic (exact) mass is 267 g/mol. The third-order valence-electron chi connectivity index (χ3n) is 1.49. The molecule has 0 radical (unpaired) electrons. The highest BCUT2D eigenvalue weighted by Gasteiger charge is 2.22. The van der Waals surface area contributed by atoms with Crippen LogP contribution in [0, 0.1) is 23.5 Å². The molecule has 2 aromatic rings. The number of hydrogen-bond donors (Lipinski definition) is 0. The standard InChI is InChI=1S/C7HF4N3S2/c8-2-4(15-7-12-1-13-16-7)3(9)6(11)14-5(2)10/h1H. The van der Waals surface area contributed by atoms with E-state index in [2.05, 4.69) is 14.3 Å². The molecular formula is C7HF4N3S2. The molecule has 0 unspecified atom stereocenters. The SMILES string of the molecule is Fc1nc(F)c(F)c(Sc2ncns2)c1F. The van der Waals surface area contributed by atoms with Crippen molar-refractivity contribution >= 4 is 23.3 Å². The molecule has 3 nitrogen and oxygen atoms in total. The minimum Gasteiger partial charge on any atom is -0.216 e. The zero-order valence-electron chi connectivity index (χ0n) is 7.25. The quantitative estimate of drug-likeness (QED) is 0.619. The Hall–Kier alpha value is -1.22. The van der Waals surface area contributed by atoms with Crippen molar-refractivity contribution in [3.8, 4) is 0 Å². The summed E-state index contributed by atoms with van der Waals surface area (Å²) in [6, 6.07) is 0. The lowest BCUT2D eigenvalue weighted by Gasteiger charge is -2.02. The average molecular weight is 267 g/mol. The fraction of sp³-hybridized carbons (Fsp3) is 0. The van der Waals surface area contributed by atoms with Crippen LogP contribution in [0.4, 0.5) is 17.6 Å². The van der Waals surface area contributed by atoms with E-state index in [4.69, 9.17) is 0 Å². The topological polar surface area (TPSA) is 38.7 Å². The molecule has 2 aromatic heterocycles. The number of pyridine rings is 1. The van der Waals surface area contributed by atoms with Gasteiger partial charge in [0.15, 0.2) is 16.0 Å². The molecule has 0 aliphatic rings. The van der Waals surface area contributed by atoms with Gasteiger partial charge in [-0.15, -0.1) is 0 Å². The van der Waals surface area contributed by atoms with E-state index in [1.54, 1.807) is 0 Å². The number of halogens is 4. The van der Waals surface area contributed by atoms with Crippen LogP contribution in [0.3, 0.4) is 0 Å². The first kappa shape index (κ1) is 11.3. The first-order chi connectivity index (χ1) is 7.59. The van der Waals surface area contributed by atoms with Gasteiger partial charge in [-0.3, -0.25) is 0 Å². The van der Waals surface area contributed by atoms with Crippen LogP contribution in [0.5, 0.6) is 0 Å². The molecule has 0 aromatic carbocycles. The molecule has 0 bridgehead atoms. The second kappa shape index (κ2) is 4.34. The molecule has 84 valence electrons. The summed E-state index contributed by atoms with van der Waals surface area (Å²) in [6.45, 7) is 0. The summed E-state index contributed by atoms with van der Waals surface area (Å²) in [5, 5.41) is 0. The molecule has 16 heavy (non-hydrogen) atoms. The van der Waals surface area contributed by atoms with E-state index in [-0.39, 0.29) is 4.34 Å². The molecule has 0 amide bonds. The van der Waals surface area contributed by atoms with Crippen molar-refractivity contribution in [1.29, 1.82) is 0 Å². The zero-order valence-corrected chi connectivity index (χ0v) is 8.88. The highest BCUT2D eigenvalue weighted by molar-refractivity contribution is 8.01. The lowest BCUT2D eigenvalue weighted by molar-refractivity contribution is 0.383. The number of aromatic nitrogens is 3. The Morgan fingerprint density at radius 3 is 2.19 bits per heavy atom. The fourth-order valence-corrected chi connectivity index (χ4v) is 2.28. The van der Waals surface area contributed by atoms with Crippen molar-refractivity contribution in [1.82, 2.24) is 14.3 Å². The highest BCUT2D eigenvalue weighted by atomic mass is 32.2. The lowest BCUT2D eigenvalue weighted by Crippen LogP contribution is -2.01. The van der Waals surface area contributed by atoms with Gasteiger partial charge in [0.05, 0.1) is 4.90 Å². The molecule has 0 aliphatic carbocycles. The van der Waals surface area contributed by atoms with Gasteiger partial charge in [0, 0.05) is 0 Å². The first-order valence-corrected chi connectivity index (χ1v) is 5.33. The van der Waals surface area contributed by atoms with Crippen LogP contribution < -0.4 is 0 Å². The van der Waals surface area contributed by atoms with Gasteiger partial charge in [-0.2, -0.15) is 18.1 Å². The average Bonchev–Trinajstić information content (AvgIpc) is 2.74. The number of rotatable bonds is 2. The van der Waals surface area contributed by atoms with E-state index in [0.29, 0.717) is 11.8 Å². The maximum atomic E-state index is 13.1. The van der Waals surface area contributed by atoms with Crippen LogP contribution in [0.2, 0.25) is 0 Å². The minimum absolute atomic E-state index is 0.169. The Kier molecular flexibility index (Phi) is 3.06. The van der Waals surface area contributed by atoms with Crippen LogP contribution >= 0.6 is 23.3 Å². The second-order valence-corrected chi connectivity index (χ2v) is 4.50. The molecule has 0 saturated carbocycles. The summed E-state index contributed by atoms with van der Waals surface area (Å²) in [5.41, 5.74) is 0. The van der Waals surface area contributed by atoms with E-state index < -0.39 is 28.4 Å². The van der Waals surface area contributed by atoms with Crippen molar-refractivity contribution < 1.29 is 17.6 Å². The third-order valence-corrected chi connectivity index (χ3v) is 3.27.